The van der Waals surface area contributed by atoms with Gasteiger partial charge in [0.2, 0.25) is 0 Å². The van der Waals surface area contributed by atoms with E-state index in [9.17, 15) is 19.8 Å². The summed E-state index contributed by atoms with van der Waals surface area (Å²) in [5, 5.41) is 28.4. The van der Waals surface area contributed by atoms with Gasteiger partial charge in [-0.1, -0.05) is 25.7 Å². The maximum absolute atomic E-state index is 11.2. The Labute approximate surface area is 124 Å². The number of β-amino-alcohol motifs (C(OH)–C–C–N with tert-alkyl or cyclic N) is 1. The van der Waals surface area contributed by atoms with E-state index in [0.29, 0.717) is 25.4 Å². The summed E-state index contributed by atoms with van der Waals surface area (Å²) in [4.78, 5) is 24.2. The van der Waals surface area contributed by atoms with Gasteiger partial charge in [0.25, 0.3) is 0 Å². The highest BCUT2D eigenvalue weighted by atomic mass is 16.4. The molecule has 0 aromatic carbocycles. The van der Waals surface area contributed by atoms with E-state index >= 15 is 0 Å². The van der Waals surface area contributed by atoms with E-state index in [1.54, 1.807) is 0 Å². The van der Waals surface area contributed by atoms with Crippen molar-refractivity contribution in [2.75, 3.05) is 19.6 Å². The SMILES string of the molecule is O=C(O)C1CCN(CC(O)CC2CCCC2)CC1C(=O)O. The van der Waals surface area contributed by atoms with Crippen LogP contribution < -0.4 is 0 Å². The topological polar surface area (TPSA) is 98.1 Å². The van der Waals surface area contributed by atoms with E-state index in [1.165, 1.54) is 25.7 Å². The van der Waals surface area contributed by atoms with Crippen molar-refractivity contribution in [2.45, 2.75) is 44.6 Å². The van der Waals surface area contributed by atoms with Crippen LogP contribution in [0, 0.1) is 17.8 Å². The van der Waals surface area contributed by atoms with Crippen molar-refractivity contribution in [3.05, 3.63) is 0 Å². The summed E-state index contributed by atoms with van der Waals surface area (Å²) < 4.78 is 0. The summed E-state index contributed by atoms with van der Waals surface area (Å²) in [6.07, 6.45) is 5.50. The van der Waals surface area contributed by atoms with Gasteiger partial charge < -0.3 is 15.3 Å². The number of hydrogen-bond donors (Lipinski definition) is 3. The molecule has 0 aromatic heterocycles. The van der Waals surface area contributed by atoms with Gasteiger partial charge in [-0.2, -0.15) is 0 Å². The summed E-state index contributed by atoms with van der Waals surface area (Å²) in [5.74, 6) is -3.20. The predicted octanol–water partition coefficient (Wildman–Crippen LogP) is 1.03. The summed E-state index contributed by atoms with van der Waals surface area (Å²) >= 11 is 0. The van der Waals surface area contributed by atoms with Crippen molar-refractivity contribution < 1.29 is 24.9 Å². The number of carboxylic acid groups (broad SMARTS) is 2. The number of hydrogen-bond acceptors (Lipinski definition) is 4. The Hall–Kier alpha value is -1.14. The molecule has 1 saturated heterocycles. The van der Waals surface area contributed by atoms with Crippen molar-refractivity contribution >= 4 is 11.9 Å². The van der Waals surface area contributed by atoms with Crippen LogP contribution in [0.1, 0.15) is 38.5 Å². The minimum absolute atomic E-state index is 0.216. The van der Waals surface area contributed by atoms with E-state index in [1.807, 2.05) is 4.90 Å². The van der Waals surface area contributed by atoms with Crippen LogP contribution in [-0.4, -0.2) is 57.9 Å². The van der Waals surface area contributed by atoms with Gasteiger partial charge in [0.05, 0.1) is 17.9 Å². The highest BCUT2D eigenvalue weighted by Gasteiger charge is 2.39. The molecular weight excluding hydrogens is 274 g/mol. The zero-order valence-electron chi connectivity index (χ0n) is 12.3. The van der Waals surface area contributed by atoms with Crippen LogP contribution in [0.25, 0.3) is 0 Å². The molecule has 1 saturated carbocycles. The highest BCUT2D eigenvalue weighted by molar-refractivity contribution is 5.80. The fraction of sp³-hybridized carbons (Fsp3) is 0.867. The van der Waals surface area contributed by atoms with E-state index in [0.717, 1.165) is 6.42 Å². The van der Waals surface area contributed by atoms with Crippen molar-refractivity contribution in [3.8, 4) is 0 Å². The van der Waals surface area contributed by atoms with Crippen molar-refractivity contribution in [3.63, 3.8) is 0 Å². The third-order valence-corrected chi connectivity index (χ3v) is 4.88. The van der Waals surface area contributed by atoms with Gasteiger partial charge in [-0.25, -0.2) is 0 Å². The van der Waals surface area contributed by atoms with E-state index in [2.05, 4.69) is 0 Å². The van der Waals surface area contributed by atoms with Crippen LogP contribution in [0.5, 0.6) is 0 Å². The van der Waals surface area contributed by atoms with Gasteiger partial charge in [0.15, 0.2) is 0 Å². The fourth-order valence-electron chi connectivity index (χ4n) is 3.73. The van der Waals surface area contributed by atoms with Gasteiger partial charge >= 0.3 is 11.9 Å². The number of aliphatic carboxylic acids is 2. The van der Waals surface area contributed by atoms with Crippen LogP contribution in [0.15, 0.2) is 0 Å². The molecule has 2 fully saturated rings. The lowest BCUT2D eigenvalue weighted by atomic mass is 9.85. The van der Waals surface area contributed by atoms with Crippen LogP contribution in [0.4, 0.5) is 0 Å². The average molecular weight is 299 g/mol. The zero-order chi connectivity index (χ0) is 15.4. The molecule has 6 heteroatoms. The first kappa shape index (κ1) is 16.2. The third-order valence-electron chi connectivity index (χ3n) is 4.88. The Balaban J connectivity index is 1.84. The number of aliphatic hydroxyl groups is 1. The van der Waals surface area contributed by atoms with Crippen LogP contribution in [-0.2, 0) is 9.59 Å². The van der Waals surface area contributed by atoms with Gasteiger partial charge in [-0.05, 0) is 25.3 Å². The maximum Gasteiger partial charge on any atom is 0.308 e. The Morgan fingerprint density at radius 3 is 2.24 bits per heavy atom. The van der Waals surface area contributed by atoms with Gasteiger partial charge in [-0.15, -0.1) is 0 Å². The lowest BCUT2D eigenvalue weighted by Crippen LogP contribution is -2.48. The van der Waals surface area contributed by atoms with Crippen LogP contribution in [0.2, 0.25) is 0 Å². The van der Waals surface area contributed by atoms with Crippen LogP contribution in [0.3, 0.4) is 0 Å². The van der Waals surface area contributed by atoms with E-state index in [4.69, 9.17) is 5.11 Å². The van der Waals surface area contributed by atoms with Gasteiger partial charge in [0.1, 0.15) is 0 Å². The average Bonchev–Trinajstić information content (AvgIpc) is 2.90. The summed E-state index contributed by atoms with van der Waals surface area (Å²) in [7, 11) is 0. The largest absolute Gasteiger partial charge is 0.481 e. The lowest BCUT2D eigenvalue weighted by molar-refractivity contribution is -0.157. The Morgan fingerprint density at radius 2 is 1.67 bits per heavy atom. The molecule has 3 unspecified atom stereocenters. The van der Waals surface area contributed by atoms with Gasteiger partial charge in [0, 0.05) is 13.1 Å². The summed E-state index contributed by atoms with van der Waals surface area (Å²) in [6.45, 7) is 1.21. The number of carboxylic acids is 2. The molecule has 6 nitrogen and oxygen atoms in total. The normalized spacial score (nSPS) is 29.4. The zero-order valence-corrected chi connectivity index (χ0v) is 12.3. The molecule has 21 heavy (non-hydrogen) atoms. The molecule has 0 spiro atoms. The molecule has 120 valence electrons. The molecule has 1 aliphatic carbocycles. The minimum Gasteiger partial charge on any atom is -0.481 e. The minimum atomic E-state index is -1.06. The second-order valence-corrected chi connectivity index (χ2v) is 6.48. The number of likely N-dealkylation sites (tertiary alicyclic amines) is 1. The maximum atomic E-state index is 11.2. The monoisotopic (exact) mass is 299 g/mol. The molecule has 2 rings (SSSR count). The van der Waals surface area contributed by atoms with E-state index < -0.39 is 29.9 Å². The molecule has 1 heterocycles. The van der Waals surface area contributed by atoms with Crippen molar-refractivity contribution in [1.82, 2.24) is 4.90 Å². The molecule has 0 bridgehead atoms. The lowest BCUT2D eigenvalue weighted by Gasteiger charge is -2.35. The Morgan fingerprint density at radius 1 is 1.05 bits per heavy atom. The number of nitrogens with zero attached hydrogens (tertiary/aromatic N) is 1. The second kappa shape index (κ2) is 7.22. The number of carbonyl (C=O) groups is 2. The molecule has 1 aliphatic heterocycles. The molecule has 0 amide bonds. The molecule has 2 aliphatic rings. The molecule has 3 N–H and O–H groups in total. The predicted molar refractivity (Wildman–Crippen MR) is 75.9 cm³/mol. The van der Waals surface area contributed by atoms with Crippen LogP contribution >= 0.6 is 0 Å². The fourth-order valence-corrected chi connectivity index (χ4v) is 3.73. The van der Waals surface area contributed by atoms with Crippen molar-refractivity contribution in [2.24, 2.45) is 17.8 Å². The van der Waals surface area contributed by atoms with Gasteiger partial charge in [-0.3, -0.25) is 14.5 Å². The second-order valence-electron chi connectivity index (χ2n) is 6.48. The first-order valence-corrected chi connectivity index (χ1v) is 7.83. The Kier molecular flexibility index (Phi) is 5.58. The standard InChI is InChI=1S/C15H25NO5/c17-11(7-10-3-1-2-4-10)8-16-6-5-12(14(18)19)13(9-16)15(20)21/h10-13,17H,1-9H2,(H,18,19)(H,20,21). The number of rotatable bonds is 6. The first-order valence-electron chi connectivity index (χ1n) is 7.83. The number of aliphatic hydroxyl groups excluding tert-OH is 1. The molecule has 3 atom stereocenters. The number of piperidine rings is 1. The smallest absolute Gasteiger partial charge is 0.308 e. The van der Waals surface area contributed by atoms with Crippen molar-refractivity contribution in [1.29, 1.82) is 0 Å². The summed E-state index contributed by atoms with van der Waals surface area (Å²) in [6, 6.07) is 0. The molecular formula is C15H25NO5. The molecule has 0 radical (unpaired) electrons. The summed E-state index contributed by atoms with van der Waals surface area (Å²) in [5.41, 5.74) is 0. The quantitative estimate of drug-likeness (QED) is 0.678. The molecule has 0 aromatic rings. The third kappa shape index (κ3) is 4.41. The Bertz CT molecular complexity index is 380. The van der Waals surface area contributed by atoms with E-state index in [-0.39, 0.29) is 6.54 Å². The highest BCUT2D eigenvalue weighted by Crippen LogP contribution is 2.29. The first-order chi connectivity index (χ1) is 9.97.